The Morgan fingerprint density at radius 3 is 2.76 bits per heavy atom. The van der Waals surface area contributed by atoms with Gasteiger partial charge in [-0.1, -0.05) is 0 Å². The highest BCUT2D eigenvalue weighted by Gasteiger charge is 2.22. The van der Waals surface area contributed by atoms with E-state index in [2.05, 4.69) is 24.1 Å². The van der Waals surface area contributed by atoms with Crippen LogP contribution in [-0.4, -0.2) is 10.1 Å². The molecule has 4 nitrogen and oxygen atoms in total. The fourth-order valence-electron chi connectivity index (χ4n) is 1.52. The molecule has 0 aliphatic carbocycles. The van der Waals surface area contributed by atoms with Gasteiger partial charge in [0.1, 0.15) is 23.1 Å². The van der Waals surface area contributed by atoms with Crippen molar-refractivity contribution in [2.75, 3.05) is 0 Å². The Kier molecular flexibility index (Phi) is 3.61. The minimum Gasteiger partial charge on any atom is -0.462 e. The van der Waals surface area contributed by atoms with Crippen LogP contribution in [0.3, 0.4) is 0 Å². The number of thiazole rings is 1. The third kappa shape index (κ3) is 2.94. The Bertz CT molecular complexity index is 463. The number of nitrogens with one attached hydrogen (secondary N) is 1. The second kappa shape index (κ2) is 5.00. The van der Waals surface area contributed by atoms with Crippen molar-refractivity contribution in [3.05, 3.63) is 40.2 Å². The van der Waals surface area contributed by atoms with Crippen molar-refractivity contribution in [1.82, 2.24) is 10.3 Å². The summed E-state index contributed by atoms with van der Waals surface area (Å²) < 4.78 is 5.42. The van der Waals surface area contributed by atoms with Crippen molar-refractivity contribution >= 4 is 11.3 Å². The smallest absolute Gasteiger partial charge is 0.129 e. The number of nitrogens with zero attached hydrogens (tertiary/aromatic N) is 1. The van der Waals surface area contributed by atoms with Crippen LogP contribution in [0.5, 0.6) is 0 Å². The first-order valence-electron chi connectivity index (χ1n) is 5.45. The first-order chi connectivity index (χ1) is 8.12. The Morgan fingerprint density at radius 1 is 1.41 bits per heavy atom. The second-order valence-electron chi connectivity index (χ2n) is 4.34. The summed E-state index contributed by atoms with van der Waals surface area (Å²) in [4.78, 5) is 4.31. The average Bonchev–Trinajstić information content (AvgIpc) is 2.98. The van der Waals surface area contributed by atoms with Gasteiger partial charge in [-0.05, 0) is 26.0 Å². The van der Waals surface area contributed by atoms with Crippen LogP contribution >= 0.6 is 11.3 Å². The Labute approximate surface area is 104 Å². The van der Waals surface area contributed by atoms with Crippen LogP contribution in [0.15, 0.2) is 28.1 Å². The third-order valence-electron chi connectivity index (χ3n) is 2.54. The molecule has 0 aliphatic rings. The first-order valence-corrected chi connectivity index (χ1v) is 6.33. The fraction of sp³-hybridized carbons (Fsp3) is 0.417. The molecule has 2 aromatic rings. The number of hydrogen-bond acceptors (Lipinski definition) is 5. The van der Waals surface area contributed by atoms with E-state index < -0.39 is 0 Å². The molecule has 0 radical (unpaired) electrons. The van der Waals surface area contributed by atoms with Crippen LogP contribution in [0.25, 0.3) is 0 Å². The molecule has 2 heterocycles. The summed E-state index contributed by atoms with van der Waals surface area (Å²) in [6.45, 7) is 4.73. The van der Waals surface area contributed by atoms with Crippen LogP contribution in [-0.2, 0) is 18.7 Å². The van der Waals surface area contributed by atoms with Gasteiger partial charge in [0.25, 0.3) is 0 Å². The number of aromatic nitrogens is 1. The molecule has 0 aromatic carbocycles. The van der Waals surface area contributed by atoms with E-state index in [-0.39, 0.29) is 12.1 Å². The van der Waals surface area contributed by atoms with Crippen LogP contribution in [0.1, 0.15) is 30.4 Å². The minimum atomic E-state index is -0.180. The van der Waals surface area contributed by atoms with Crippen LogP contribution in [0, 0.1) is 0 Å². The van der Waals surface area contributed by atoms with Crippen molar-refractivity contribution in [3.8, 4) is 0 Å². The Morgan fingerprint density at radius 2 is 2.18 bits per heavy atom. The zero-order valence-corrected chi connectivity index (χ0v) is 10.8. The predicted molar refractivity (Wildman–Crippen MR) is 66.6 cm³/mol. The van der Waals surface area contributed by atoms with Crippen LogP contribution < -0.4 is 5.32 Å². The number of aliphatic hydroxyl groups excluding tert-OH is 1. The highest BCUT2D eigenvalue weighted by molar-refractivity contribution is 7.09. The predicted octanol–water partition coefficient (Wildman–Crippen LogP) is 2.25. The maximum Gasteiger partial charge on any atom is 0.129 e. The van der Waals surface area contributed by atoms with Crippen LogP contribution in [0.4, 0.5) is 0 Å². The van der Waals surface area contributed by atoms with Gasteiger partial charge in [-0.25, -0.2) is 4.98 Å². The first kappa shape index (κ1) is 12.3. The normalized spacial score (nSPS) is 11.9. The molecule has 0 saturated carbocycles. The maximum absolute atomic E-state index is 8.91. The van der Waals surface area contributed by atoms with Crippen molar-refractivity contribution in [2.24, 2.45) is 0 Å². The summed E-state index contributed by atoms with van der Waals surface area (Å²) in [5.41, 5.74) is -0.180. The van der Waals surface area contributed by atoms with Gasteiger partial charge in [0.2, 0.25) is 0 Å². The SMILES string of the molecule is CC(C)(NCc1ccc(CO)o1)c1nccs1. The van der Waals surface area contributed by atoms with E-state index in [1.54, 1.807) is 23.6 Å². The van der Waals surface area contributed by atoms with Gasteiger partial charge in [0, 0.05) is 11.6 Å². The largest absolute Gasteiger partial charge is 0.462 e. The summed E-state index contributed by atoms with van der Waals surface area (Å²) in [5.74, 6) is 1.41. The zero-order valence-electron chi connectivity index (χ0n) is 9.93. The summed E-state index contributed by atoms with van der Waals surface area (Å²) in [5, 5.41) is 15.3. The van der Waals surface area contributed by atoms with Gasteiger partial charge in [0.15, 0.2) is 0 Å². The molecule has 2 N–H and O–H groups in total. The molecule has 0 bridgehead atoms. The lowest BCUT2D eigenvalue weighted by Gasteiger charge is -2.23. The molecular weight excluding hydrogens is 236 g/mol. The third-order valence-corrected chi connectivity index (χ3v) is 3.64. The van der Waals surface area contributed by atoms with E-state index in [1.807, 2.05) is 11.4 Å². The van der Waals surface area contributed by atoms with Gasteiger partial charge in [-0.3, -0.25) is 5.32 Å². The molecule has 2 aromatic heterocycles. The van der Waals surface area contributed by atoms with Gasteiger partial charge in [-0.2, -0.15) is 0 Å². The molecule has 5 heteroatoms. The number of rotatable bonds is 5. The molecule has 0 fully saturated rings. The van der Waals surface area contributed by atoms with E-state index in [0.29, 0.717) is 12.3 Å². The standard InChI is InChI=1S/C12H16N2O2S/c1-12(2,11-13-5-6-17-11)14-7-9-3-4-10(8-15)16-9/h3-6,14-15H,7-8H2,1-2H3. The molecule has 17 heavy (non-hydrogen) atoms. The van der Waals surface area contributed by atoms with Crippen molar-refractivity contribution in [1.29, 1.82) is 0 Å². The summed E-state index contributed by atoms with van der Waals surface area (Å²) in [6, 6.07) is 3.66. The highest BCUT2D eigenvalue weighted by atomic mass is 32.1. The molecular formula is C12H16N2O2S. The van der Waals surface area contributed by atoms with Crippen molar-refractivity contribution < 1.29 is 9.52 Å². The van der Waals surface area contributed by atoms with Gasteiger partial charge < -0.3 is 9.52 Å². The van der Waals surface area contributed by atoms with E-state index >= 15 is 0 Å². The maximum atomic E-state index is 8.91. The lowest BCUT2D eigenvalue weighted by atomic mass is 10.1. The molecule has 0 spiro atoms. The highest BCUT2D eigenvalue weighted by Crippen LogP contribution is 2.22. The van der Waals surface area contributed by atoms with Gasteiger partial charge in [-0.15, -0.1) is 11.3 Å². The van der Waals surface area contributed by atoms with Crippen LogP contribution in [0.2, 0.25) is 0 Å². The molecule has 0 amide bonds. The molecule has 0 unspecified atom stereocenters. The number of hydrogen-bond donors (Lipinski definition) is 2. The fourth-order valence-corrected chi connectivity index (χ4v) is 2.26. The molecule has 92 valence electrons. The average molecular weight is 252 g/mol. The van der Waals surface area contributed by atoms with Gasteiger partial charge in [0.05, 0.1) is 12.1 Å². The lowest BCUT2D eigenvalue weighted by Crippen LogP contribution is -2.35. The number of aliphatic hydroxyl groups is 1. The van der Waals surface area contributed by atoms with Crippen molar-refractivity contribution in [3.63, 3.8) is 0 Å². The van der Waals surface area contributed by atoms with E-state index in [1.165, 1.54) is 0 Å². The molecule has 2 rings (SSSR count). The summed E-state index contributed by atoms with van der Waals surface area (Å²) >= 11 is 1.63. The van der Waals surface area contributed by atoms with E-state index in [4.69, 9.17) is 9.52 Å². The summed E-state index contributed by atoms with van der Waals surface area (Å²) in [6.07, 6.45) is 1.81. The molecule has 0 atom stereocenters. The molecule has 0 aliphatic heterocycles. The molecule has 0 saturated heterocycles. The van der Waals surface area contributed by atoms with E-state index in [9.17, 15) is 0 Å². The quantitative estimate of drug-likeness (QED) is 0.857. The zero-order chi connectivity index (χ0) is 12.3. The summed E-state index contributed by atoms with van der Waals surface area (Å²) in [7, 11) is 0. The lowest BCUT2D eigenvalue weighted by molar-refractivity contribution is 0.241. The van der Waals surface area contributed by atoms with Gasteiger partial charge >= 0.3 is 0 Å². The topological polar surface area (TPSA) is 58.3 Å². The second-order valence-corrected chi connectivity index (χ2v) is 5.24. The monoisotopic (exact) mass is 252 g/mol. The minimum absolute atomic E-state index is 0.0596. The van der Waals surface area contributed by atoms with E-state index in [0.717, 1.165) is 10.8 Å². The Balaban J connectivity index is 1.97. The van der Waals surface area contributed by atoms with Crippen molar-refractivity contribution in [2.45, 2.75) is 32.5 Å². The number of furan rings is 1. The Hall–Kier alpha value is -1.17.